The molecule has 1 aromatic carbocycles. The highest BCUT2D eigenvalue weighted by molar-refractivity contribution is 5.94. The monoisotopic (exact) mass is 388 g/mol. The SMILES string of the molecule is CC(C)N(Cc1ccccc1)C(=O)c1ccc(N(C)CCc2ccncc2)nc1. The van der Waals surface area contributed by atoms with Crippen molar-refractivity contribution in [2.45, 2.75) is 32.9 Å². The van der Waals surface area contributed by atoms with Crippen molar-refractivity contribution in [1.82, 2.24) is 14.9 Å². The molecule has 0 atom stereocenters. The van der Waals surface area contributed by atoms with Gasteiger partial charge in [-0.2, -0.15) is 0 Å². The van der Waals surface area contributed by atoms with E-state index in [1.807, 2.05) is 92.8 Å². The van der Waals surface area contributed by atoms with Gasteiger partial charge in [-0.05, 0) is 55.7 Å². The van der Waals surface area contributed by atoms with E-state index in [4.69, 9.17) is 0 Å². The summed E-state index contributed by atoms with van der Waals surface area (Å²) in [4.78, 5) is 25.6. The number of benzene rings is 1. The lowest BCUT2D eigenvalue weighted by molar-refractivity contribution is 0.0690. The van der Waals surface area contributed by atoms with Crippen molar-refractivity contribution in [3.63, 3.8) is 0 Å². The zero-order chi connectivity index (χ0) is 20.6. The van der Waals surface area contributed by atoms with Gasteiger partial charge in [-0.15, -0.1) is 0 Å². The minimum atomic E-state index is 0.00217. The third-order valence-electron chi connectivity index (χ3n) is 4.95. The Bertz CT molecular complexity index is 895. The maximum absolute atomic E-state index is 13.0. The number of carbonyl (C=O) groups is 1. The minimum absolute atomic E-state index is 0.00217. The van der Waals surface area contributed by atoms with Crippen LogP contribution in [-0.2, 0) is 13.0 Å². The van der Waals surface area contributed by atoms with Crippen molar-refractivity contribution in [3.8, 4) is 0 Å². The molecule has 0 aliphatic rings. The first-order valence-corrected chi connectivity index (χ1v) is 9.95. The van der Waals surface area contributed by atoms with Crippen LogP contribution in [0.5, 0.6) is 0 Å². The minimum Gasteiger partial charge on any atom is -0.359 e. The van der Waals surface area contributed by atoms with Gasteiger partial charge in [0, 0.05) is 44.8 Å². The van der Waals surface area contributed by atoms with E-state index in [2.05, 4.69) is 14.9 Å². The van der Waals surface area contributed by atoms with Crippen molar-refractivity contribution in [2.24, 2.45) is 0 Å². The first-order valence-electron chi connectivity index (χ1n) is 9.95. The van der Waals surface area contributed by atoms with Gasteiger partial charge >= 0.3 is 0 Å². The maximum Gasteiger partial charge on any atom is 0.255 e. The number of aromatic nitrogens is 2. The van der Waals surface area contributed by atoms with Gasteiger partial charge in [0.2, 0.25) is 0 Å². The Labute approximate surface area is 173 Å². The van der Waals surface area contributed by atoms with Crippen LogP contribution in [0.25, 0.3) is 0 Å². The second kappa shape index (κ2) is 9.82. The summed E-state index contributed by atoms with van der Waals surface area (Å²) in [6.45, 7) is 5.51. The third-order valence-corrected chi connectivity index (χ3v) is 4.95. The number of pyridine rings is 2. The fourth-order valence-corrected chi connectivity index (χ4v) is 3.13. The summed E-state index contributed by atoms with van der Waals surface area (Å²) in [7, 11) is 2.01. The summed E-state index contributed by atoms with van der Waals surface area (Å²) in [6, 6.07) is 18.0. The van der Waals surface area contributed by atoms with Gasteiger partial charge in [-0.25, -0.2) is 4.98 Å². The van der Waals surface area contributed by atoms with Crippen molar-refractivity contribution < 1.29 is 4.79 Å². The molecule has 0 bridgehead atoms. The standard InChI is InChI=1S/C24H28N4O/c1-19(2)28(18-21-7-5-4-6-8-21)24(29)22-9-10-23(26-17-22)27(3)16-13-20-11-14-25-15-12-20/h4-12,14-15,17,19H,13,16,18H2,1-3H3. The Balaban J connectivity index is 1.65. The fraction of sp³-hybridized carbons (Fsp3) is 0.292. The van der Waals surface area contributed by atoms with Crippen LogP contribution in [-0.4, -0.2) is 40.4 Å². The first-order chi connectivity index (χ1) is 14.0. The molecule has 2 aromatic heterocycles. The Morgan fingerprint density at radius 1 is 0.966 bits per heavy atom. The molecule has 3 rings (SSSR count). The second-order valence-electron chi connectivity index (χ2n) is 7.44. The predicted octanol–water partition coefficient (Wildman–Crippen LogP) is 4.21. The Kier molecular flexibility index (Phi) is 6.95. The summed E-state index contributed by atoms with van der Waals surface area (Å²) in [5, 5.41) is 0. The van der Waals surface area contributed by atoms with E-state index in [1.54, 1.807) is 6.20 Å². The summed E-state index contributed by atoms with van der Waals surface area (Å²) >= 11 is 0. The molecule has 29 heavy (non-hydrogen) atoms. The number of rotatable bonds is 8. The summed E-state index contributed by atoms with van der Waals surface area (Å²) in [6.07, 6.45) is 6.22. The molecule has 0 radical (unpaired) electrons. The Morgan fingerprint density at radius 3 is 2.31 bits per heavy atom. The Hall–Kier alpha value is -3.21. The topological polar surface area (TPSA) is 49.3 Å². The molecule has 1 amide bonds. The van der Waals surface area contributed by atoms with Gasteiger partial charge in [-0.3, -0.25) is 9.78 Å². The molecule has 5 heteroatoms. The molecule has 5 nitrogen and oxygen atoms in total. The average molecular weight is 389 g/mol. The number of nitrogens with zero attached hydrogens (tertiary/aromatic N) is 4. The number of carbonyl (C=O) groups excluding carboxylic acids is 1. The molecule has 0 N–H and O–H groups in total. The smallest absolute Gasteiger partial charge is 0.255 e. The lowest BCUT2D eigenvalue weighted by Gasteiger charge is -2.27. The van der Waals surface area contributed by atoms with Crippen molar-refractivity contribution in [2.75, 3.05) is 18.5 Å². The zero-order valence-electron chi connectivity index (χ0n) is 17.3. The van der Waals surface area contributed by atoms with Crippen LogP contribution in [0.4, 0.5) is 5.82 Å². The highest BCUT2D eigenvalue weighted by Crippen LogP contribution is 2.16. The quantitative estimate of drug-likeness (QED) is 0.580. The van der Waals surface area contributed by atoms with E-state index in [0.29, 0.717) is 12.1 Å². The van der Waals surface area contributed by atoms with E-state index < -0.39 is 0 Å². The molecule has 0 unspecified atom stereocenters. The number of anilines is 1. The number of hydrogen-bond donors (Lipinski definition) is 0. The van der Waals surface area contributed by atoms with Gasteiger partial charge in [-0.1, -0.05) is 30.3 Å². The van der Waals surface area contributed by atoms with E-state index in [1.165, 1.54) is 5.56 Å². The molecule has 0 saturated heterocycles. The number of hydrogen-bond acceptors (Lipinski definition) is 4. The number of likely N-dealkylation sites (N-methyl/N-ethyl adjacent to an activating group) is 1. The van der Waals surface area contributed by atoms with Crippen molar-refractivity contribution >= 4 is 11.7 Å². The molecule has 150 valence electrons. The van der Waals surface area contributed by atoms with Gasteiger partial charge in [0.25, 0.3) is 5.91 Å². The second-order valence-corrected chi connectivity index (χ2v) is 7.44. The normalized spacial score (nSPS) is 10.8. The molecule has 0 aliphatic heterocycles. The van der Waals surface area contributed by atoms with E-state index in [0.717, 1.165) is 24.3 Å². The molecule has 0 spiro atoms. The van der Waals surface area contributed by atoms with Crippen LogP contribution in [0.2, 0.25) is 0 Å². The van der Waals surface area contributed by atoms with Gasteiger partial charge in [0.1, 0.15) is 5.82 Å². The van der Waals surface area contributed by atoms with Crippen molar-refractivity contribution in [1.29, 1.82) is 0 Å². The fourth-order valence-electron chi connectivity index (χ4n) is 3.13. The predicted molar refractivity (Wildman–Crippen MR) is 117 cm³/mol. The van der Waals surface area contributed by atoms with Gasteiger partial charge < -0.3 is 9.80 Å². The molecule has 0 fully saturated rings. The van der Waals surface area contributed by atoms with Crippen LogP contribution in [0.3, 0.4) is 0 Å². The molecular weight excluding hydrogens is 360 g/mol. The van der Waals surface area contributed by atoms with Crippen LogP contribution in [0.1, 0.15) is 35.3 Å². The van der Waals surface area contributed by atoms with Gasteiger partial charge in [0.15, 0.2) is 0 Å². The van der Waals surface area contributed by atoms with Crippen LogP contribution in [0, 0.1) is 0 Å². The van der Waals surface area contributed by atoms with Crippen molar-refractivity contribution in [3.05, 3.63) is 89.9 Å². The van der Waals surface area contributed by atoms with Crippen LogP contribution < -0.4 is 4.90 Å². The van der Waals surface area contributed by atoms with Gasteiger partial charge in [0.05, 0.1) is 5.56 Å². The lowest BCUT2D eigenvalue weighted by Crippen LogP contribution is -2.36. The lowest BCUT2D eigenvalue weighted by atomic mass is 10.1. The zero-order valence-corrected chi connectivity index (χ0v) is 17.3. The molecule has 3 aromatic rings. The molecular formula is C24H28N4O. The summed E-state index contributed by atoms with van der Waals surface area (Å²) < 4.78 is 0. The maximum atomic E-state index is 13.0. The molecule has 2 heterocycles. The van der Waals surface area contributed by atoms with E-state index >= 15 is 0 Å². The third kappa shape index (κ3) is 5.64. The highest BCUT2D eigenvalue weighted by atomic mass is 16.2. The summed E-state index contributed by atoms with van der Waals surface area (Å²) in [5.41, 5.74) is 2.98. The average Bonchev–Trinajstić information content (AvgIpc) is 2.76. The largest absolute Gasteiger partial charge is 0.359 e. The molecule has 0 aliphatic carbocycles. The van der Waals surface area contributed by atoms with Crippen LogP contribution >= 0.6 is 0 Å². The molecule has 0 saturated carbocycles. The Morgan fingerprint density at radius 2 is 1.69 bits per heavy atom. The van der Waals surface area contributed by atoms with E-state index in [9.17, 15) is 4.79 Å². The summed E-state index contributed by atoms with van der Waals surface area (Å²) in [5.74, 6) is 0.858. The van der Waals surface area contributed by atoms with E-state index in [-0.39, 0.29) is 11.9 Å². The highest BCUT2D eigenvalue weighted by Gasteiger charge is 2.19. The number of amides is 1. The van der Waals surface area contributed by atoms with Crippen LogP contribution in [0.15, 0.2) is 73.2 Å². The first kappa shape index (κ1) is 20.5.